The van der Waals surface area contributed by atoms with Gasteiger partial charge in [-0.25, -0.2) is 0 Å². The zero-order valence-electron chi connectivity index (χ0n) is 14.7. The van der Waals surface area contributed by atoms with Gasteiger partial charge in [0.25, 0.3) is 0 Å². The third kappa shape index (κ3) is 4.31. The summed E-state index contributed by atoms with van der Waals surface area (Å²) in [6.07, 6.45) is 4.26. The molecule has 4 rings (SSSR count). The molecule has 0 unspecified atom stereocenters. The Balaban J connectivity index is 1.28. The van der Waals surface area contributed by atoms with Crippen LogP contribution in [-0.2, 0) is 16.1 Å². The monoisotopic (exact) mass is 376 g/mol. The van der Waals surface area contributed by atoms with Gasteiger partial charge in [-0.2, -0.15) is 4.98 Å². The first-order chi connectivity index (χ1) is 12.8. The Morgan fingerprint density at radius 3 is 3.15 bits per heavy atom. The Kier molecular flexibility index (Phi) is 5.62. The minimum absolute atomic E-state index is 0.0184. The van der Waals surface area contributed by atoms with E-state index in [2.05, 4.69) is 20.4 Å². The highest BCUT2D eigenvalue weighted by molar-refractivity contribution is 7.13. The summed E-state index contributed by atoms with van der Waals surface area (Å²) in [5.74, 6) is 1.39. The van der Waals surface area contributed by atoms with Crippen LogP contribution in [0.5, 0.6) is 0 Å². The van der Waals surface area contributed by atoms with Crippen LogP contribution >= 0.6 is 11.3 Å². The second-order valence-electron chi connectivity index (χ2n) is 6.94. The molecule has 1 N–H and O–H groups in total. The summed E-state index contributed by atoms with van der Waals surface area (Å²) in [5.41, 5.74) is 0. The van der Waals surface area contributed by atoms with Crippen LogP contribution in [0.4, 0.5) is 0 Å². The average molecular weight is 376 g/mol. The summed E-state index contributed by atoms with van der Waals surface area (Å²) in [6, 6.07) is 3.95. The lowest BCUT2D eigenvalue weighted by Gasteiger charge is -2.31. The number of thiophene rings is 1. The molecule has 0 radical (unpaired) electrons. The Labute approximate surface area is 156 Å². The number of aromatic nitrogens is 2. The quantitative estimate of drug-likeness (QED) is 0.833. The zero-order valence-corrected chi connectivity index (χ0v) is 15.5. The predicted molar refractivity (Wildman–Crippen MR) is 97.6 cm³/mol. The van der Waals surface area contributed by atoms with Gasteiger partial charge in [-0.1, -0.05) is 11.2 Å². The van der Waals surface area contributed by atoms with Gasteiger partial charge in [0, 0.05) is 19.7 Å². The smallest absolute Gasteiger partial charge is 0.241 e. The molecule has 0 spiro atoms. The molecule has 1 amide bonds. The van der Waals surface area contributed by atoms with Crippen molar-refractivity contribution >= 4 is 17.2 Å². The maximum atomic E-state index is 12.5. The molecular weight excluding hydrogens is 352 g/mol. The molecule has 2 aliphatic rings. The highest BCUT2D eigenvalue weighted by Gasteiger charge is 2.27. The standard InChI is InChI=1S/C18H24N4O3S/c23-18(19-10-14-5-2-8-24-14)13-4-1-7-22(11-13)12-16-20-17(21-25-16)15-6-3-9-26-15/h3,6,9,13-14H,1-2,4-5,7-8,10-12H2,(H,19,23)/t13-,14+/m1/s1. The summed E-state index contributed by atoms with van der Waals surface area (Å²) in [4.78, 5) is 20.2. The van der Waals surface area contributed by atoms with E-state index in [0.717, 1.165) is 50.3 Å². The van der Waals surface area contributed by atoms with Crippen molar-refractivity contribution in [2.24, 2.45) is 5.92 Å². The highest BCUT2D eigenvalue weighted by atomic mass is 32.1. The van der Waals surface area contributed by atoms with Crippen LogP contribution < -0.4 is 5.32 Å². The van der Waals surface area contributed by atoms with Crippen LogP contribution in [0.3, 0.4) is 0 Å². The molecule has 2 fully saturated rings. The third-order valence-electron chi connectivity index (χ3n) is 4.97. The number of carbonyl (C=O) groups is 1. The normalized spacial score (nSPS) is 24.0. The van der Waals surface area contributed by atoms with Crippen LogP contribution in [0.15, 0.2) is 22.0 Å². The fraction of sp³-hybridized carbons (Fsp3) is 0.611. The van der Waals surface area contributed by atoms with E-state index in [1.165, 1.54) is 0 Å². The number of amides is 1. The molecule has 2 aliphatic heterocycles. The summed E-state index contributed by atoms with van der Waals surface area (Å²) in [7, 11) is 0. The van der Waals surface area contributed by atoms with Gasteiger partial charge in [-0.3, -0.25) is 9.69 Å². The molecule has 0 aliphatic carbocycles. The van der Waals surface area contributed by atoms with Crippen LogP contribution in [-0.4, -0.2) is 53.3 Å². The minimum atomic E-state index is 0.0184. The first-order valence-electron chi connectivity index (χ1n) is 9.26. The lowest BCUT2D eigenvalue weighted by molar-refractivity contribution is -0.127. The van der Waals surface area contributed by atoms with Crippen molar-refractivity contribution in [1.82, 2.24) is 20.4 Å². The number of ether oxygens (including phenoxy) is 1. The van der Waals surface area contributed by atoms with Gasteiger partial charge in [0.2, 0.25) is 17.6 Å². The van der Waals surface area contributed by atoms with Gasteiger partial charge in [0.05, 0.1) is 23.4 Å². The molecule has 2 saturated heterocycles. The van der Waals surface area contributed by atoms with Crippen LogP contribution in [0.1, 0.15) is 31.6 Å². The number of carbonyl (C=O) groups excluding carboxylic acids is 1. The molecule has 0 saturated carbocycles. The van der Waals surface area contributed by atoms with E-state index in [4.69, 9.17) is 9.26 Å². The van der Waals surface area contributed by atoms with E-state index in [0.29, 0.717) is 24.8 Å². The van der Waals surface area contributed by atoms with E-state index >= 15 is 0 Å². The van der Waals surface area contributed by atoms with Crippen molar-refractivity contribution in [3.05, 3.63) is 23.4 Å². The van der Waals surface area contributed by atoms with E-state index < -0.39 is 0 Å². The molecule has 8 heteroatoms. The van der Waals surface area contributed by atoms with Gasteiger partial charge >= 0.3 is 0 Å². The number of nitrogens with one attached hydrogen (secondary N) is 1. The van der Waals surface area contributed by atoms with E-state index in [-0.39, 0.29) is 17.9 Å². The zero-order chi connectivity index (χ0) is 17.8. The van der Waals surface area contributed by atoms with Crippen LogP contribution in [0.25, 0.3) is 10.7 Å². The number of nitrogens with zero attached hydrogens (tertiary/aromatic N) is 3. The second-order valence-corrected chi connectivity index (χ2v) is 7.89. The number of likely N-dealkylation sites (tertiary alicyclic amines) is 1. The van der Waals surface area contributed by atoms with Crippen molar-refractivity contribution in [1.29, 1.82) is 0 Å². The van der Waals surface area contributed by atoms with Gasteiger partial charge in [0.15, 0.2) is 0 Å². The summed E-state index contributed by atoms with van der Waals surface area (Å²) in [5, 5.41) is 9.11. The predicted octanol–water partition coefficient (Wildman–Crippen LogP) is 2.31. The lowest BCUT2D eigenvalue weighted by atomic mass is 9.97. The average Bonchev–Trinajstić information content (AvgIpc) is 3.41. The van der Waals surface area contributed by atoms with Gasteiger partial charge in [0.1, 0.15) is 0 Å². The molecule has 0 bridgehead atoms. The maximum absolute atomic E-state index is 12.5. The van der Waals surface area contributed by atoms with Crippen molar-refractivity contribution in [3.8, 4) is 10.7 Å². The summed E-state index contributed by atoms with van der Waals surface area (Å²) in [6.45, 7) is 3.72. The van der Waals surface area contributed by atoms with Crippen molar-refractivity contribution < 1.29 is 14.1 Å². The Bertz CT molecular complexity index is 712. The molecule has 0 aromatic carbocycles. The van der Waals surface area contributed by atoms with Crippen molar-refractivity contribution in [2.45, 2.75) is 38.3 Å². The fourth-order valence-corrected chi connectivity index (χ4v) is 4.24. The lowest BCUT2D eigenvalue weighted by Crippen LogP contribution is -2.44. The van der Waals surface area contributed by atoms with Crippen LogP contribution in [0.2, 0.25) is 0 Å². The number of hydrogen-bond acceptors (Lipinski definition) is 7. The summed E-state index contributed by atoms with van der Waals surface area (Å²) >= 11 is 1.59. The highest BCUT2D eigenvalue weighted by Crippen LogP contribution is 2.23. The Morgan fingerprint density at radius 2 is 2.35 bits per heavy atom. The summed E-state index contributed by atoms with van der Waals surface area (Å²) < 4.78 is 11.0. The molecule has 2 atom stereocenters. The molecule has 140 valence electrons. The van der Waals surface area contributed by atoms with Crippen molar-refractivity contribution in [2.75, 3.05) is 26.2 Å². The van der Waals surface area contributed by atoms with E-state index in [1.807, 2.05) is 17.5 Å². The minimum Gasteiger partial charge on any atom is -0.376 e. The molecule has 4 heterocycles. The fourth-order valence-electron chi connectivity index (χ4n) is 3.59. The Hall–Kier alpha value is -1.77. The van der Waals surface area contributed by atoms with Gasteiger partial charge < -0.3 is 14.6 Å². The SMILES string of the molecule is O=C(NC[C@@H]1CCCO1)[C@@H]1CCCN(Cc2nc(-c3cccs3)no2)C1. The molecule has 7 nitrogen and oxygen atoms in total. The van der Waals surface area contributed by atoms with Gasteiger partial charge in [-0.05, 0) is 43.7 Å². The van der Waals surface area contributed by atoms with E-state index in [9.17, 15) is 4.79 Å². The van der Waals surface area contributed by atoms with Crippen molar-refractivity contribution in [3.63, 3.8) is 0 Å². The molecule has 2 aromatic heterocycles. The maximum Gasteiger partial charge on any atom is 0.241 e. The largest absolute Gasteiger partial charge is 0.376 e. The second kappa shape index (κ2) is 8.28. The molecule has 26 heavy (non-hydrogen) atoms. The van der Waals surface area contributed by atoms with Crippen LogP contribution in [0, 0.1) is 5.92 Å². The number of rotatable bonds is 6. The molecule has 2 aromatic rings. The first-order valence-corrected chi connectivity index (χ1v) is 10.1. The molecular formula is C18H24N4O3S. The van der Waals surface area contributed by atoms with Gasteiger partial charge in [-0.15, -0.1) is 11.3 Å². The van der Waals surface area contributed by atoms with E-state index in [1.54, 1.807) is 11.3 Å². The third-order valence-corrected chi connectivity index (χ3v) is 5.84. The number of hydrogen-bond donors (Lipinski definition) is 1. The topological polar surface area (TPSA) is 80.5 Å². The first kappa shape index (κ1) is 17.6. The number of piperidine rings is 1. The Morgan fingerprint density at radius 1 is 1.38 bits per heavy atom.